The highest BCUT2D eigenvalue weighted by Crippen LogP contribution is 2.26. The Hall–Kier alpha value is -1.76. The molecule has 0 fully saturated rings. The molecule has 1 amide bonds. The van der Waals surface area contributed by atoms with Crippen LogP contribution in [0.15, 0.2) is 17.5 Å². The van der Waals surface area contributed by atoms with Gasteiger partial charge in [0.2, 0.25) is 0 Å². The number of amides is 1. The minimum Gasteiger partial charge on any atom is -0.450 e. The average molecular weight is 315 g/mol. The standard InChI is InChI=1S/C14H21NO5S/c1-4-18-13(16)15(3)9-8-11(12-7-6-10-21-12)20-14(17)19-5-2/h6-7,10-11H,4-5,8-9H2,1-3H3/t11-/m0/s1. The van der Waals surface area contributed by atoms with E-state index in [1.165, 1.54) is 16.2 Å². The SMILES string of the molecule is CCOC(=O)O[C@@H](CCN(C)C(=O)OCC)c1cccs1. The van der Waals surface area contributed by atoms with E-state index in [2.05, 4.69) is 0 Å². The minimum absolute atomic E-state index is 0.263. The molecule has 0 aliphatic heterocycles. The zero-order valence-electron chi connectivity index (χ0n) is 12.5. The van der Waals surface area contributed by atoms with Crippen molar-refractivity contribution in [2.24, 2.45) is 0 Å². The number of carbonyl (C=O) groups excluding carboxylic acids is 2. The summed E-state index contributed by atoms with van der Waals surface area (Å²) < 4.78 is 15.0. The molecule has 1 heterocycles. The minimum atomic E-state index is -0.699. The molecule has 0 saturated carbocycles. The molecule has 0 unspecified atom stereocenters. The van der Waals surface area contributed by atoms with Gasteiger partial charge in [0.15, 0.2) is 0 Å². The number of hydrogen-bond acceptors (Lipinski definition) is 6. The zero-order chi connectivity index (χ0) is 15.7. The molecule has 7 heteroatoms. The molecular weight excluding hydrogens is 294 g/mol. The Kier molecular flexibility index (Phi) is 7.60. The summed E-state index contributed by atoms with van der Waals surface area (Å²) in [6, 6.07) is 3.77. The van der Waals surface area contributed by atoms with Gasteiger partial charge in [-0.2, -0.15) is 0 Å². The lowest BCUT2D eigenvalue weighted by Crippen LogP contribution is -2.29. The summed E-state index contributed by atoms with van der Waals surface area (Å²) in [7, 11) is 1.65. The molecule has 0 bridgehead atoms. The van der Waals surface area contributed by atoms with Gasteiger partial charge in [-0.3, -0.25) is 0 Å². The second-order valence-electron chi connectivity index (χ2n) is 4.21. The van der Waals surface area contributed by atoms with Gasteiger partial charge in [0.25, 0.3) is 0 Å². The quantitative estimate of drug-likeness (QED) is 0.721. The predicted octanol–water partition coefficient (Wildman–Crippen LogP) is 3.44. The van der Waals surface area contributed by atoms with Gasteiger partial charge in [0.1, 0.15) is 6.10 Å². The Bertz CT molecular complexity index is 435. The number of hydrogen-bond donors (Lipinski definition) is 0. The van der Waals surface area contributed by atoms with Crippen LogP contribution in [0.5, 0.6) is 0 Å². The maximum absolute atomic E-state index is 11.5. The summed E-state index contributed by atoms with van der Waals surface area (Å²) in [5.41, 5.74) is 0. The molecule has 0 aromatic carbocycles. The Labute approximate surface area is 128 Å². The smallest absolute Gasteiger partial charge is 0.450 e. The molecule has 21 heavy (non-hydrogen) atoms. The predicted molar refractivity (Wildman–Crippen MR) is 79.4 cm³/mol. The van der Waals surface area contributed by atoms with Crippen LogP contribution in [-0.2, 0) is 14.2 Å². The molecule has 0 saturated heterocycles. The molecule has 1 atom stereocenters. The van der Waals surface area contributed by atoms with Crippen molar-refractivity contribution in [2.45, 2.75) is 26.4 Å². The lowest BCUT2D eigenvalue weighted by molar-refractivity contribution is 0.0210. The summed E-state index contributed by atoms with van der Waals surface area (Å²) in [6.45, 7) is 4.48. The molecule has 0 N–H and O–H groups in total. The third-order valence-corrected chi connectivity index (χ3v) is 3.63. The first kappa shape index (κ1) is 17.3. The van der Waals surface area contributed by atoms with Gasteiger partial charge >= 0.3 is 12.2 Å². The van der Waals surface area contributed by atoms with Crippen LogP contribution >= 0.6 is 11.3 Å². The van der Waals surface area contributed by atoms with E-state index in [9.17, 15) is 9.59 Å². The number of ether oxygens (including phenoxy) is 3. The van der Waals surface area contributed by atoms with Crippen molar-refractivity contribution < 1.29 is 23.8 Å². The van der Waals surface area contributed by atoms with Gasteiger partial charge in [-0.25, -0.2) is 9.59 Å². The molecule has 1 aromatic rings. The third kappa shape index (κ3) is 6.03. The molecule has 0 aliphatic carbocycles. The molecule has 0 aliphatic rings. The van der Waals surface area contributed by atoms with Crippen LogP contribution in [0.25, 0.3) is 0 Å². The fraction of sp³-hybridized carbons (Fsp3) is 0.571. The summed E-state index contributed by atoms with van der Waals surface area (Å²) in [6.07, 6.45) is -1.04. The number of nitrogens with zero attached hydrogens (tertiary/aromatic N) is 1. The van der Waals surface area contributed by atoms with E-state index in [4.69, 9.17) is 14.2 Å². The highest BCUT2D eigenvalue weighted by Gasteiger charge is 2.20. The Balaban J connectivity index is 2.57. The van der Waals surface area contributed by atoms with E-state index >= 15 is 0 Å². The van der Waals surface area contributed by atoms with Crippen LogP contribution in [-0.4, -0.2) is 44.0 Å². The van der Waals surface area contributed by atoms with Crippen LogP contribution < -0.4 is 0 Å². The van der Waals surface area contributed by atoms with E-state index in [1.807, 2.05) is 17.5 Å². The summed E-state index contributed by atoms with van der Waals surface area (Å²) in [5.74, 6) is 0. The Morgan fingerprint density at radius 3 is 2.57 bits per heavy atom. The fourth-order valence-corrected chi connectivity index (χ4v) is 2.43. The lowest BCUT2D eigenvalue weighted by atomic mass is 10.2. The maximum Gasteiger partial charge on any atom is 0.508 e. The highest BCUT2D eigenvalue weighted by atomic mass is 32.1. The van der Waals surface area contributed by atoms with Gasteiger partial charge in [-0.05, 0) is 25.3 Å². The summed E-state index contributed by atoms with van der Waals surface area (Å²) in [4.78, 5) is 25.4. The summed E-state index contributed by atoms with van der Waals surface area (Å²) in [5, 5.41) is 1.91. The normalized spacial score (nSPS) is 11.6. The fourth-order valence-electron chi connectivity index (χ4n) is 1.64. The molecule has 0 spiro atoms. The van der Waals surface area contributed by atoms with E-state index < -0.39 is 18.4 Å². The van der Waals surface area contributed by atoms with E-state index in [0.29, 0.717) is 19.6 Å². The maximum atomic E-state index is 11.5. The van der Waals surface area contributed by atoms with Crippen molar-refractivity contribution in [1.29, 1.82) is 0 Å². The van der Waals surface area contributed by atoms with Crippen LogP contribution in [0.4, 0.5) is 9.59 Å². The largest absolute Gasteiger partial charge is 0.508 e. The third-order valence-electron chi connectivity index (χ3n) is 2.67. The molecule has 1 rings (SSSR count). The van der Waals surface area contributed by atoms with Gasteiger partial charge in [-0.1, -0.05) is 6.07 Å². The zero-order valence-corrected chi connectivity index (χ0v) is 13.4. The van der Waals surface area contributed by atoms with Crippen LogP contribution in [0, 0.1) is 0 Å². The Morgan fingerprint density at radius 2 is 2.00 bits per heavy atom. The number of rotatable bonds is 7. The molecule has 0 radical (unpaired) electrons. The topological polar surface area (TPSA) is 65.1 Å². The van der Waals surface area contributed by atoms with Crippen molar-refractivity contribution in [3.63, 3.8) is 0 Å². The number of carbonyl (C=O) groups is 2. The first-order valence-electron chi connectivity index (χ1n) is 6.83. The van der Waals surface area contributed by atoms with Crippen LogP contribution in [0.1, 0.15) is 31.2 Å². The lowest BCUT2D eigenvalue weighted by Gasteiger charge is -2.20. The molecule has 118 valence electrons. The van der Waals surface area contributed by atoms with Crippen molar-refractivity contribution in [2.75, 3.05) is 26.8 Å². The molecular formula is C14H21NO5S. The Morgan fingerprint density at radius 1 is 1.29 bits per heavy atom. The first-order valence-corrected chi connectivity index (χ1v) is 7.71. The second kappa shape index (κ2) is 9.23. The van der Waals surface area contributed by atoms with E-state index in [-0.39, 0.29) is 6.61 Å². The molecule has 1 aromatic heterocycles. The van der Waals surface area contributed by atoms with Crippen molar-refractivity contribution in [1.82, 2.24) is 4.90 Å². The highest BCUT2D eigenvalue weighted by molar-refractivity contribution is 7.10. The average Bonchev–Trinajstić information content (AvgIpc) is 2.97. The van der Waals surface area contributed by atoms with Crippen molar-refractivity contribution >= 4 is 23.6 Å². The van der Waals surface area contributed by atoms with Crippen LogP contribution in [0.3, 0.4) is 0 Å². The van der Waals surface area contributed by atoms with Gasteiger partial charge in [0.05, 0.1) is 13.2 Å². The second-order valence-corrected chi connectivity index (χ2v) is 5.19. The van der Waals surface area contributed by atoms with Gasteiger partial charge in [-0.15, -0.1) is 11.3 Å². The van der Waals surface area contributed by atoms with Gasteiger partial charge < -0.3 is 19.1 Å². The monoisotopic (exact) mass is 315 g/mol. The van der Waals surface area contributed by atoms with Crippen molar-refractivity contribution in [3.05, 3.63) is 22.4 Å². The number of thiophene rings is 1. The van der Waals surface area contributed by atoms with Crippen LogP contribution in [0.2, 0.25) is 0 Å². The van der Waals surface area contributed by atoms with E-state index in [0.717, 1.165) is 4.88 Å². The van der Waals surface area contributed by atoms with Gasteiger partial charge in [0, 0.05) is 24.9 Å². The van der Waals surface area contributed by atoms with Crippen molar-refractivity contribution in [3.8, 4) is 0 Å². The first-order chi connectivity index (χ1) is 10.1. The molecule has 6 nitrogen and oxygen atoms in total. The summed E-state index contributed by atoms with van der Waals surface area (Å²) >= 11 is 1.49. The van der Waals surface area contributed by atoms with E-state index in [1.54, 1.807) is 20.9 Å².